The van der Waals surface area contributed by atoms with Gasteiger partial charge in [0.1, 0.15) is 5.69 Å². The molecule has 3 rings (SSSR count). The van der Waals surface area contributed by atoms with Crippen molar-refractivity contribution >= 4 is 45.1 Å². The highest BCUT2D eigenvalue weighted by molar-refractivity contribution is 8.01. The standard InChI is InChI=1S/C18H18N2O3S2/c1-4-23-17(22)16-10(2)15(11(3)19-16)13(21)9-24-18-20-12-7-5-6-8-14(12)25-18/h5-8,19H,4,9H2,1-3H3. The molecule has 0 aliphatic rings. The van der Waals surface area contributed by atoms with Crippen LogP contribution in [0, 0.1) is 13.8 Å². The van der Waals surface area contributed by atoms with Crippen molar-refractivity contribution in [2.75, 3.05) is 12.4 Å². The molecule has 7 heteroatoms. The van der Waals surface area contributed by atoms with Gasteiger partial charge in [-0.15, -0.1) is 11.3 Å². The molecular formula is C18H18N2O3S2. The summed E-state index contributed by atoms with van der Waals surface area (Å²) < 4.78 is 7.00. The van der Waals surface area contributed by atoms with E-state index in [1.54, 1.807) is 32.1 Å². The van der Waals surface area contributed by atoms with Gasteiger partial charge >= 0.3 is 5.97 Å². The van der Waals surface area contributed by atoms with E-state index in [9.17, 15) is 9.59 Å². The van der Waals surface area contributed by atoms with Crippen LogP contribution in [0.25, 0.3) is 10.2 Å². The molecule has 0 aliphatic heterocycles. The number of H-pyrrole nitrogens is 1. The Morgan fingerprint density at radius 2 is 2.04 bits per heavy atom. The Balaban J connectivity index is 1.76. The highest BCUT2D eigenvalue weighted by Crippen LogP contribution is 2.30. The number of esters is 1. The number of aromatic amines is 1. The second-order valence-electron chi connectivity index (χ2n) is 5.50. The number of thioether (sulfide) groups is 1. The van der Waals surface area contributed by atoms with Gasteiger partial charge in [-0.25, -0.2) is 9.78 Å². The summed E-state index contributed by atoms with van der Waals surface area (Å²) in [6.45, 7) is 5.62. The molecule has 3 aromatic rings. The number of ketones is 1. The number of nitrogens with one attached hydrogen (secondary N) is 1. The molecule has 0 unspecified atom stereocenters. The fourth-order valence-corrected chi connectivity index (χ4v) is 4.63. The Morgan fingerprint density at radius 1 is 1.28 bits per heavy atom. The molecule has 0 aliphatic carbocycles. The minimum absolute atomic E-state index is 0.0222. The predicted octanol–water partition coefficient (Wildman–Crippen LogP) is 4.39. The van der Waals surface area contributed by atoms with E-state index in [4.69, 9.17) is 4.74 Å². The van der Waals surface area contributed by atoms with E-state index in [2.05, 4.69) is 9.97 Å². The summed E-state index contributed by atoms with van der Waals surface area (Å²) in [6, 6.07) is 7.91. The van der Waals surface area contributed by atoms with Gasteiger partial charge in [-0.2, -0.15) is 0 Å². The molecule has 0 radical (unpaired) electrons. The van der Waals surface area contributed by atoms with Gasteiger partial charge in [0.15, 0.2) is 10.1 Å². The number of hydrogen-bond donors (Lipinski definition) is 1. The van der Waals surface area contributed by atoms with E-state index in [1.165, 1.54) is 11.8 Å². The van der Waals surface area contributed by atoms with E-state index >= 15 is 0 Å². The first kappa shape index (κ1) is 17.7. The van der Waals surface area contributed by atoms with Gasteiger partial charge in [-0.05, 0) is 38.5 Å². The predicted molar refractivity (Wildman–Crippen MR) is 101 cm³/mol. The number of fused-ring (bicyclic) bond motifs is 1. The zero-order valence-electron chi connectivity index (χ0n) is 14.2. The third-order valence-corrected chi connectivity index (χ3v) is 5.98. The third-order valence-electron chi connectivity index (χ3n) is 3.80. The fraction of sp³-hybridized carbons (Fsp3) is 0.278. The van der Waals surface area contributed by atoms with Crippen LogP contribution in [0.4, 0.5) is 0 Å². The average molecular weight is 374 g/mol. The minimum atomic E-state index is -0.430. The normalized spacial score (nSPS) is 11.0. The van der Waals surface area contributed by atoms with Crippen molar-refractivity contribution in [1.82, 2.24) is 9.97 Å². The lowest BCUT2D eigenvalue weighted by Crippen LogP contribution is -2.08. The number of benzene rings is 1. The first-order valence-corrected chi connectivity index (χ1v) is 9.69. The first-order chi connectivity index (χ1) is 12.0. The maximum absolute atomic E-state index is 12.7. The topological polar surface area (TPSA) is 72.1 Å². The highest BCUT2D eigenvalue weighted by Gasteiger charge is 2.23. The van der Waals surface area contributed by atoms with Crippen LogP contribution in [0.1, 0.15) is 39.0 Å². The number of aryl methyl sites for hydroxylation is 1. The number of rotatable bonds is 6. The fourth-order valence-electron chi connectivity index (χ4n) is 2.69. The molecule has 0 amide bonds. The molecule has 2 aromatic heterocycles. The van der Waals surface area contributed by atoms with Crippen LogP contribution in [0.5, 0.6) is 0 Å². The summed E-state index contributed by atoms with van der Waals surface area (Å²) in [4.78, 5) is 32.1. The van der Waals surface area contributed by atoms with Crippen molar-refractivity contribution in [1.29, 1.82) is 0 Å². The van der Waals surface area contributed by atoms with Gasteiger partial charge in [0.05, 0.1) is 22.6 Å². The summed E-state index contributed by atoms with van der Waals surface area (Å²) in [5, 5.41) is 0. The van der Waals surface area contributed by atoms with Crippen LogP contribution in [0.2, 0.25) is 0 Å². The van der Waals surface area contributed by atoms with Crippen molar-refractivity contribution in [3.05, 3.63) is 46.8 Å². The second-order valence-corrected chi connectivity index (χ2v) is 7.76. The van der Waals surface area contributed by atoms with Crippen molar-refractivity contribution in [2.45, 2.75) is 25.1 Å². The molecule has 0 saturated heterocycles. The second kappa shape index (κ2) is 7.41. The molecule has 130 valence electrons. The maximum Gasteiger partial charge on any atom is 0.355 e. The van der Waals surface area contributed by atoms with E-state index < -0.39 is 5.97 Å². The zero-order chi connectivity index (χ0) is 18.0. The first-order valence-electron chi connectivity index (χ1n) is 7.89. The lowest BCUT2D eigenvalue weighted by atomic mass is 10.1. The minimum Gasteiger partial charge on any atom is -0.461 e. The van der Waals surface area contributed by atoms with Crippen LogP contribution in [0.15, 0.2) is 28.6 Å². The highest BCUT2D eigenvalue weighted by atomic mass is 32.2. The summed E-state index contributed by atoms with van der Waals surface area (Å²) in [5.41, 5.74) is 3.20. The van der Waals surface area contributed by atoms with Crippen molar-refractivity contribution in [2.24, 2.45) is 0 Å². The van der Waals surface area contributed by atoms with Crippen molar-refractivity contribution in [3.63, 3.8) is 0 Å². The van der Waals surface area contributed by atoms with Gasteiger partial charge in [0.2, 0.25) is 0 Å². The number of para-hydroxylation sites is 1. The van der Waals surface area contributed by atoms with Gasteiger partial charge in [0, 0.05) is 11.3 Å². The maximum atomic E-state index is 12.7. The van der Waals surface area contributed by atoms with Gasteiger partial charge in [-0.1, -0.05) is 23.9 Å². The summed E-state index contributed by atoms with van der Waals surface area (Å²) in [5.74, 6) is -0.172. The smallest absolute Gasteiger partial charge is 0.355 e. The average Bonchev–Trinajstić information content (AvgIpc) is 3.13. The number of nitrogens with zero attached hydrogens (tertiary/aromatic N) is 1. The third kappa shape index (κ3) is 3.62. The van der Waals surface area contributed by atoms with Crippen LogP contribution in [0.3, 0.4) is 0 Å². The Kier molecular flexibility index (Phi) is 5.24. The number of aromatic nitrogens is 2. The van der Waals surface area contributed by atoms with Gasteiger partial charge < -0.3 is 9.72 Å². The lowest BCUT2D eigenvalue weighted by molar-refractivity contribution is 0.0519. The number of carbonyl (C=O) groups is 2. The van der Waals surface area contributed by atoms with E-state index in [-0.39, 0.29) is 11.5 Å². The zero-order valence-corrected chi connectivity index (χ0v) is 15.8. The van der Waals surface area contributed by atoms with Crippen LogP contribution in [-0.4, -0.2) is 34.1 Å². The molecule has 25 heavy (non-hydrogen) atoms. The van der Waals surface area contributed by atoms with Crippen LogP contribution < -0.4 is 0 Å². The number of thiazole rings is 1. The number of Topliss-reactive ketones (excluding diaryl/α,β-unsaturated/α-hetero) is 1. The van der Waals surface area contributed by atoms with Crippen LogP contribution >= 0.6 is 23.1 Å². The molecule has 0 atom stereocenters. The molecule has 5 nitrogen and oxygen atoms in total. The summed E-state index contributed by atoms with van der Waals surface area (Å²) >= 11 is 3.00. The van der Waals surface area contributed by atoms with Gasteiger partial charge in [0.25, 0.3) is 0 Å². The molecular weight excluding hydrogens is 356 g/mol. The summed E-state index contributed by atoms with van der Waals surface area (Å²) in [6.07, 6.45) is 0. The molecule has 0 bridgehead atoms. The molecule has 1 aromatic carbocycles. The Hall–Kier alpha value is -2.12. The van der Waals surface area contributed by atoms with Crippen molar-refractivity contribution in [3.8, 4) is 0 Å². The molecule has 2 heterocycles. The van der Waals surface area contributed by atoms with Crippen molar-refractivity contribution < 1.29 is 14.3 Å². The monoisotopic (exact) mass is 374 g/mol. The number of ether oxygens (including phenoxy) is 1. The Bertz CT molecular complexity index is 910. The molecule has 0 fully saturated rings. The SMILES string of the molecule is CCOC(=O)c1[nH]c(C)c(C(=O)CSc2nc3ccccc3s2)c1C. The largest absolute Gasteiger partial charge is 0.461 e. The van der Waals surface area contributed by atoms with Crippen LogP contribution in [-0.2, 0) is 4.74 Å². The number of hydrogen-bond acceptors (Lipinski definition) is 6. The number of carbonyl (C=O) groups excluding carboxylic acids is 2. The van der Waals surface area contributed by atoms with E-state index in [1.807, 2.05) is 24.3 Å². The quantitative estimate of drug-likeness (QED) is 0.393. The molecule has 1 N–H and O–H groups in total. The van der Waals surface area contributed by atoms with Gasteiger partial charge in [-0.3, -0.25) is 4.79 Å². The lowest BCUT2D eigenvalue weighted by Gasteiger charge is -2.02. The van der Waals surface area contributed by atoms with E-state index in [0.29, 0.717) is 29.1 Å². The Morgan fingerprint density at radius 3 is 2.76 bits per heavy atom. The van der Waals surface area contributed by atoms with E-state index in [0.717, 1.165) is 14.6 Å². The summed E-state index contributed by atoms with van der Waals surface area (Å²) in [7, 11) is 0. The Labute approximate surface area is 153 Å². The molecule has 0 spiro atoms. The molecule has 0 saturated carbocycles.